The Labute approximate surface area is 125 Å². The maximum absolute atomic E-state index is 12.7. The monoisotopic (exact) mass is 314 g/mol. The molecule has 1 N–H and O–H groups in total. The largest absolute Gasteiger partial charge is 0.417 e. The minimum Gasteiger partial charge on any atom is -0.349 e. The maximum atomic E-state index is 12.7. The van der Waals surface area contributed by atoms with Gasteiger partial charge in [-0.15, -0.1) is 10.2 Å². The van der Waals surface area contributed by atoms with Crippen molar-refractivity contribution in [1.29, 1.82) is 0 Å². The van der Waals surface area contributed by atoms with E-state index in [-0.39, 0.29) is 18.3 Å². The number of amides is 1. The lowest BCUT2D eigenvalue weighted by atomic mass is 10.1. The van der Waals surface area contributed by atoms with Gasteiger partial charge in [0.1, 0.15) is 0 Å². The molecule has 8 heteroatoms. The van der Waals surface area contributed by atoms with Gasteiger partial charge in [0.2, 0.25) is 5.91 Å². The Morgan fingerprint density at radius 2 is 2.05 bits per heavy atom. The van der Waals surface area contributed by atoms with Crippen molar-refractivity contribution in [2.45, 2.75) is 39.4 Å². The highest BCUT2D eigenvalue weighted by Gasteiger charge is 2.31. The number of nitrogens with one attached hydrogen (secondary N) is 1. The molecule has 0 aliphatic rings. The number of pyridine rings is 1. The predicted octanol–water partition coefficient (Wildman–Crippen LogP) is 2.80. The molecule has 0 fully saturated rings. The molecule has 2 rings (SSSR count). The highest BCUT2D eigenvalue weighted by molar-refractivity contribution is 5.75. The third kappa shape index (κ3) is 3.96. The summed E-state index contributed by atoms with van der Waals surface area (Å²) in [6.45, 7) is 4.06. The number of halogens is 3. The molecule has 0 saturated heterocycles. The summed E-state index contributed by atoms with van der Waals surface area (Å²) < 4.78 is 39.4. The second-order valence-corrected chi connectivity index (χ2v) is 5.47. The van der Waals surface area contributed by atoms with E-state index >= 15 is 0 Å². The van der Waals surface area contributed by atoms with Gasteiger partial charge in [-0.1, -0.05) is 13.8 Å². The van der Waals surface area contributed by atoms with Gasteiger partial charge in [-0.3, -0.25) is 9.20 Å². The summed E-state index contributed by atoms with van der Waals surface area (Å²) in [4.78, 5) is 11.7. The van der Waals surface area contributed by atoms with Crippen LogP contribution >= 0.6 is 0 Å². The number of carbonyl (C=O) groups excluding carboxylic acids is 1. The molecule has 120 valence electrons. The molecule has 0 spiro atoms. The summed E-state index contributed by atoms with van der Waals surface area (Å²) in [5.74, 6) is 0.519. The average molecular weight is 314 g/mol. The molecular formula is C14H17F3N4O. The fourth-order valence-electron chi connectivity index (χ4n) is 1.91. The Morgan fingerprint density at radius 1 is 1.32 bits per heavy atom. The lowest BCUT2D eigenvalue weighted by Crippen LogP contribution is -2.24. The molecular weight excluding hydrogens is 297 g/mol. The van der Waals surface area contributed by atoms with Crippen LogP contribution in [0, 0.1) is 5.92 Å². The van der Waals surface area contributed by atoms with Crippen molar-refractivity contribution in [3.63, 3.8) is 0 Å². The van der Waals surface area contributed by atoms with Crippen LogP contribution in [0.3, 0.4) is 0 Å². The predicted molar refractivity (Wildman–Crippen MR) is 73.9 cm³/mol. The number of carbonyl (C=O) groups is 1. The molecule has 0 aliphatic carbocycles. The summed E-state index contributed by atoms with van der Waals surface area (Å²) >= 11 is 0. The maximum Gasteiger partial charge on any atom is 0.417 e. The lowest BCUT2D eigenvalue weighted by molar-refractivity contribution is -0.137. The minimum absolute atomic E-state index is 0.0411. The smallest absolute Gasteiger partial charge is 0.349 e. The molecule has 0 aliphatic heterocycles. The van der Waals surface area contributed by atoms with Crippen LogP contribution in [-0.2, 0) is 17.5 Å². The first kappa shape index (κ1) is 16.3. The van der Waals surface area contributed by atoms with E-state index in [1.807, 2.05) is 13.8 Å². The molecule has 2 aromatic rings. The first-order valence-electron chi connectivity index (χ1n) is 6.95. The van der Waals surface area contributed by atoms with Gasteiger partial charge >= 0.3 is 6.18 Å². The Morgan fingerprint density at radius 3 is 2.68 bits per heavy atom. The summed E-state index contributed by atoms with van der Waals surface area (Å²) in [7, 11) is 0. The summed E-state index contributed by atoms with van der Waals surface area (Å²) in [5.41, 5.74) is -0.480. The topological polar surface area (TPSA) is 59.3 Å². The van der Waals surface area contributed by atoms with Crippen LogP contribution in [-0.4, -0.2) is 20.5 Å². The number of aromatic nitrogens is 3. The van der Waals surface area contributed by atoms with Crippen molar-refractivity contribution in [3.8, 4) is 0 Å². The van der Waals surface area contributed by atoms with Crippen LogP contribution in [0.4, 0.5) is 13.2 Å². The van der Waals surface area contributed by atoms with E-state index in [4.69, 9.17) is 0 Å². The Kier molecular flexibility index (Phi) is 4.68. The lowest BCUT2D eigenvalue weighted by Gasteiger charge is -2.08. The van der Waals surface area contributed by atoms with Crippen molar-refractivity contribution >= 4 is 11.6 Å². The third-order valence-corrected chi connectivity index (χ3v) is 3.19. The minimum atomic E-state index is -4.43. The number of fused-ring (bicyclic) bond motifs is 1. The van der Waals surface area contributed by atoms with Crippen molar-refractivity contribution in [2.24, 2.45) is 5.92 Å². The van der Waals surface area contributed by atoms with Crippen molar-refractivity contribution in [2.75, 3.05) is 0 Å². The standard InChI is InChI=1S/C14H17F3N4O/c1-9(2)3-6-13(22)18-7-12-20-19-11-5-4-10(8-21(11)12)14(15,16)17/h4-5,8-9H,3,6-7H2,1-2H3,(H,18,22). The van der Waals surface area contributed by atoms with Gasteiger partial charge in [0, 0.05) is 12.6 Å². The van der Waals surface area contributed by atoms with Crippen LogP contribution in [0.2, 0.25) is 0 Å². The number of rotatable bonds is 5. The fraction of sp³-hybridized carbons (Fsp3) is 0.500. The zero-order valence-electron chi connectivity index (χ0n) is 12.3. The molecule has 0 unspecified atom stereocenters. The van der Waals surface area contributed by atoms with Crippen LogP contribution in [0.25, 0.3) is 5.65 Å². The Hall–Kier alpha value is -2.12. The van der Waals surface area contributed by atoms with Gasteiger partial charge < -0.3 is 5.32 Å². The van der Waals surface area contributed by atoms with Crippen molar-refractivity contribution < 1.29 is 18.0 Å². The second kappa shape index (κ2) is 6.33. The zero-order valence-corrected chi connectivity index (χ0v) is 12.3. The zero-order chi connectivity index (χ0) is 16.3. The van der Waals surface area contributed by atoms with Gasteiger partial charge in [0.05, 0.1) is 12.1 Å². The van der Waals surface area contributed by atoms with Crippen molar-refractivity contribution in [3.05, 3.63) is 29.7 Å². The number of alkyl halides is 3. The number of hydrogen-bond acceptors (Lipinski definition) is 3. The van der Waals surface area contributed by atoms with Crippen LogP contribution < -0.4 is 5.32 Å². The average Bonchev–Trinajstić information content (AvgIpc) is 2.84. The van der Waals surface area contributed by atoms with E-state index in [9.17, 15) is 18.0 Å². The SMILES string of the molecule is CC(C)CCC(=O)NCc1nnc2ccc(C(F)(F)F)cn12. The van der Waals surface area contributed by atoms with Gasteiger partial charge in [-0.25, -0.2) is 0 Å². The second-order valence-electron chi connectivity index (χ2n) is 5.47. The van der Waals surface area contributed by atoms with E-state index in [2.05, 4.69) is 15.5 Å². The first-order chi connectivity index (χ1) is 10.3. The van der Waals surface area contributed by atoms with Gasteiger partial charge in [-0.2, -0.15) is 13.2 Å². The highest BCUT2D eigenvalue weighted by Crippen LogP contribution is 2.29. The van der Waals surface area contributed by atoms with Crippen LogP contribution in [0.1, 0.15) is 38.1 Å². The Balaban J connectivity index is 2.10. The van der Waals surface area contributed by atoms with E-state index in [0.717, 1.165) is 18.7 Å². The summed E-state index contributed by atoms with van der Waals surface area (Å²) in [6, 6.07) is 2.20. The van der Waals surface area contributed by atoms with E-state index < -0.39 is 11.7 Å². The van der Waals surface area contributed by atoms with Gasteiger partial charge in [0.15, 0.2) is 11.5 Å². The van der Waals surface area contributed by atoms with Crippen molar-refractivity contribution in [1.82, 2.24) is 19.9 Å². The summed E-state index contributed by atoms with van der Waals surface area (Å²) in [6.07, 6.45) is -2.37. The van der Waals surface area contributed by atoms with Crippen LogP contribution in [0.5, 0.6) is 0 Å². The quantitative estimate of drug-likeness (QED) is 0.923. The molecule has 0 saturated carbocycles. The molecule has 0 bridgehead atoms. The molecule has 0 atom stereocenters. The third-order valence-electron chi connectivity index (χ3n) is 3.19. The molecule has 2 heterocycles. The van der Waals surface area contributed by atoms with Gasteiger partial charge in [0.25, 0.3) is 0 Å². The fourth-order valence-corrected chi connectivity index (χ4v) is 1.91. The Bertz CT molecular complexity index is 664. The van der Waals surface area contributed by atoms with E-state index in [0.29, 0.717) is 18.0 Å². The van der Waals surface area contributed by atoms with Crippen LogP contribution in [0.15, 0.2) is 18.3 Å². The van der Waals surface area contributed by atoms with E-state index in [1.54, 1.807) is 0 Å². The number of hydrogen-bond donors (Lipinski definition) is 1. The molecule has 0 radical (unpaired) electrons. The van der Waals surface area contributed by atoms with Gasteiger partial charge in [-0.05, 0) is 24.5 Å². The molecule has 5 nitrogen and oxygen atoms in total. The molecule has 1 amide bonds. The highest BCUT2D eigenvalue weighted by atomic mass is 19.4. The molecule has 0 aromatic carbocycles. The molecule has 22 heavy (non-hydrogen) atoms. The molecule has 2 aromatic heterocycles. The normalized spacial score (nSPS) is 12.1. The first-order valence-corrected chi connectivity index (χ1v) is 6.95. The summed E-state index contributed by atoms with van der Waals surface area (Å²) in [5, 5.41) is 10.3. The van der Waals surface area contributed by atoms with E-state index in [1.165, 1.54) is 10.5 Å². The number of nitrogens with zero attached hydrogens (tertiary/aromatic N) is 3.